The third kappa shape index (κ3) is 5.38. The molecule has 0 aliphatic heterocycles. The van der Waals surface area contributed by atoms with Crippen LogP contribution >= 0.6 is 0 Å². The van der Waals surface area contributed by atoms with Crippen LogP contribution in [-0.4, -0.2) is 22.8 Å². The topological polar surface area (TPSA) is 75.4 Å². The molecule has 2 aromatic heterocycles. The van der Waals surface area contributed by atoms with Gasteiger partial charge >= 0.3 is 0 Å². The van der Waals surface area contributed by atoms with Gasteiger partial charge in [0.1, 0.15) is 6.04 Å². The second-order valence-electron chi connectivity index (χ2n) is 9.98. The Balaban J connectivity index is 1.77. The van der Waals surface area contributed by atoms with Crippen LogP contribution in [0.15, 0.2) is 71.6 Å². The van der Waals surface area contributed by atoms with Gasteiger partial charge in [-0.05, 0) is 54.2 Å². The van der Waals surface area contributed by atoms with Crippen molar-refractivity contribution in [3.8, 4) is 0 Å². The molecule has 178 valence electrons. The number of hydrogen-bond acceptors (Lipinski definition) is 4. The van der Waals surface area contributed by atoms with E-state index in [1.54, 1.807) is 30.6 Å². The fourth-order valence-corrected chi connectivity index (χ4v) is 4.51. The Labute approximate surface area is 201 Å². The zero-order valence-corrected chi connectivity index (χ0v) is 20.2. The molecule has 3 aromatic rings. The Bertz CT molecular complexity index is 1080. The molecule has 1 aliphatic rings. The molecule has 1 atom stereocenters. The smallest absolute Gasteiger partial charge is 0.294 e. The third-order valence-electron chi connectivity index (χ3n) is 6.42. The molecule has 0 unspecified atom stereocenters. The van der Waals surface area contributed by atoms with E-state index in [0.29, 0.717) is 11.3 Å². The summed E-state index contributed by atoms with van der Waals surface area (Å²) in [5, 5.41) is 3.21. The molecule has 1 N–H and O–H groups in total. The SMILES string of the molecule is CC(C)(C)c1ccc(N(C(=O)c2ccco2)[C@@H](C(=O)NC2CCCCC2)c2cccnc2)cc1. The fraction of sp³-hybridized carbons (Fsp3) is 0.393. The molecule has 0 saturated heterocycles. The highest BCUT2D eigenvalue weighted by Crippen LogP contribution is 2.32. The summed E-state index contributed by atoms with van der Waals surface area (Å²) in [5.41, 5.74) is 2.39. The first-order valence-corrected chi connectivity index (χ1v) is 12.0. The number of carbonyl (C=O) groups is 2. The molecule has 4 rings (SSSR count). The van der Waals surface area contributed by atoms with Gasteiger partial charge in [0.25, 0.3) is 5.91 Å². The van der Waals surface area contributed by atoms with Crippen molar-refractivity contribution in [2.24, 2.45) is 0 Å². The first-order valence-electron chi connectivity index (χ1n) is 12.0. The lowest BCUT2D eigenvalue weighted by molar-refractivity contribution is -0.123. The molecule has 2 heterocycles. The number of hydrogen-bond donors (Lipinski definition) is 1. The summed E-state index contributed by atoms with van der Waals surface area (Å²) in [6, 6.07) is 14.0. The van der Waals surface area contributed by atoms with Crippen molar-refractivity contribution in [2.45, 2.75) is 70.4 Å². The zero-order valence-electron chi connectivity index (χ0n) is 20.2. The highest BCUT2D eigenvalue weighted by molar-refractivity contribution is 6.08. The van der Waals surface area contributed by atoms with E-state index < -0.39 is 6.04 Å². The lowest BCUT2D eigenvalue weighted by Crippen LogP contribution is -2.47. The number of nitrogens with one attached hydrogen (secondary N) is 1. The first-order chi connectivity index (χ1) is 16.3. The van der Waals surface area contributed by atoms with Crippen LogP contribution in [0.25, 0.3) is 0 Å². The Morgan fingerprint density at radius 3 is 2.35 bits per heavy atom. The van der Waals surface area contributed by atoms with Crippen LogP contribution in [0.2, 0.25) is 0 Å². The second-order valence-corrected chi connectivity index (χ2v) is 9.98. The van der Waals surface area contributed by atoms with Gasteiger partial charge in [-0.25, -0.2) is 0 Å². The number of amides is 2. The summed E-state index contributed by atoms with van der Waals surface area (Å²) in [6.07, 6.45) is 10.1. The van der Waals surface area contributed by atoms with E-state index in [-0.39, 0.29) is 29.0 Å². The van der Waals surface area contributed by atoms with Crippen molar-refractivity contribution >= 4 is 17.5 Å². The van der Waals surface area contributed by atoms with Crippen LogP contribution < -0.4 is 10.2 Å². The summed E-state index contributed by atoms with van der Waals surface area (Å²) in [5.74, 6) is -0.403. The summed E-state index contributed by atoms with van der Waals surface area (Å²) in [4.78, 5) is 33.3. The molecular weight excluding hydrogens is 426 g/mol. The van der Waals surface area contributed by atoms with Crippen LogP contribution in [0, 0.1) is 0 Å². The van der Waals surface area contributed by atoms with Gasteiger partial charge in [-0.2, -0.15) is 0 Å². The van der Waals surface area contributed by atoms with E-state index in [1.807, 2.05) is 30.3 Å². The molecule has 0 bridgehead atoms. The van der Waals surface area contributed by atoms with E-state index in [9.17, 15) is 9.59 Å². The van der Waals surface area contributed by atoms with Gasteiger partial charge in [-0.1, -0.05) is 58.2 Å². The van der Waals surface area contributed by atoms with Crippen molar-refractivity contribution < 1.29 is 14.0 Å². The van der Waals surface area contributed by atoms with Crippen molar-refractivity contribution in [3.63, 3.8) is 0 Å². The lowest BCUT2D eigenvalue weighted by atomic mass is 9.87. The van der Waals surface area contributed by atoms with E-state index in [2.05, 4.69) is 31.1 Å². The molecule has 1 aliphatic carbocycles. The Morgan fingerprint density at radius 1 is 1.03 bits per heavy atom. The molecule has 1 fully saturated rings. The molecule has 6 heteroatoms. The van der Waals surface area contributed by atoms with Crippen molar-refractivity contribution in [1.82, 2.24) is 10.3 Å². The van der Waals surface area contributed by atoms with Crippen LogP contribution in [0.4, 0.5) is 5.69 Å². The van der Waals surface area contributed by atoms with Crippen molar-refractivity contribution in [2.75, 3.05) is 4.90 Å². The molecule has 0 radical (unpaired) electrons. The van der Waals surface area contributed by atoms with Gasteiger partial charge in [0.05, 0.1) is 6.26 Å². The van der Waals surface area contributed by atoms with Gasteiger partial charge in [-0.15, -0.1) is 0 Å². The minimum atomic E-state index is -0.881. The van der Waals surface area contributed by atoms with Crippen LogP contribution in [0.1, 0.15) is 80.6 Å². The molecule has 6 nitrogen and oxygen atoms in total. The second kappa shape index (κ2) is 10.2. The average molecular weight is 460 g/mol. The lowest BCUT2D eigenvalue weighted by Gasteiger charge is -2.33. The molecule has 0 spiro atoms. The van der Waals surface area contributed by atoms with E-state index >= 15 is 0 Å². The maximum absolute atomic E-state index is 13.8. The third-order valence-corrected chi connectivity index (χ3v) is 6.42. The molecule has 1 saturated carbocycles. The van der Waals surface area contributed by atoms with Crippen LogP contribution in [0.5, 0.6) is 0 Å². The monoisotopic (exact) mass is 459 g/mol. The highest BCUT2D eigenvalue weighted by Gasteiger charge is 2.36. The number of nitrogens with zero attached hydrogens (tertiary/aromatic N) is 2. The largest absolute Gasteiger partial charge is 0.459 e. The number of anilines is 1. The Hall–Kier alpha value is -3.41. The van der Waals surface area contributed by atoms with E-state index in [0.717, 1.165) is 31.2 Å². The van der Waals surface area contributed by atoms with Gasteiger partial charge in [0, 0.05) is 29.7 Å². The number of rotatable bonds is 6. The number of furan rings is 1. The maximum Gasteiger partial charge on any atom is 0.294 e. The minimum absolute atomic E-state index is 0.0323. The molecule has 2 amide bonds. The fourth-order valence-electron chi connectivity index (χ4n) is 4.51. The highest BCUT2D eigenvalue weighted by atomic mass is 16.3. The molecule has 1 aromatic carbocycles. The first kappa shape index (κ1) is 23.7. The minimum Gasteiger partial charge on any atom is -0.459 e. The number of carbonyl (C=O) groups excluding carboxylic acids is 2. The number of benzene rings is 1. The van der Waals surface area contributed by atoms with Crippen LogP contribution in [0.3, 0.4) is 0 Å². The van der Waals surface area contributed by atoms with Crippen molar-refractivity contribution in [1.29, 1.82) is 0 Å². The summed E-state index contributed by atoms with van der Waals surface area (Å²) in [6.45, 7) is 6.43. The zero-order chi connectivity index (χ0) is 24.1. The Kier molecular flexibility index (Phi) is 7.15. The quantitative estimate of drug-likeness (QED) is 0.505. The molecular formula is C28H33N3O3. The maximum atomic E-state index is 13.8. The number of aromatic nitrogens is 1. The van der Waals surface area contributed by atoms with Gasteiger partial charge in [-0.3, -0.25) is 19.5 Å². The Morgan fingerprint density at radius 2 is 1.76 bits per heavy atom. The molecule has 34 heavy (non-hydrogen) atoms. The normalized spacial score (nSPS) is 15.5. The predicted octanol–water partition coefficient (Wildman–Crippen LogP) is 5.81. The number of pyridine rings is 1. The summed E-state index contributed by atoms with van der Waals surface area (Å²) in [7, 11) is 0. The van der Waals surface area contributed by atoms with E-state index in [4.69, 9.17) is 4.42 Å². The summed E-state index contributed by atoms with van der Waals surface area (Å²) < 4.78 is 5.45. The average Bonchev–Trinajstić information content (AvgIpc) is 3.38. The predicted molar refractivity (Wildman–Crippen MR) is 133 cm³/mol. The van der Waals surface area contributed by atoms with Gasteiger partial charge in [0.15, 0.2) is 5.76 Å². The standard InChI is InChI=1S/C28H33N3O3/c1-28(2,3)21-13-15-23(16-14-21)31(27(33)24-12-8-18-34-24)25(20-9-7-17-29-19-20)26(32)30-22-10-5-4-6-11-22/h7-9,12-19,22,25H,4-6,10-11H2,1-3H3,(H,30,32)/t25-/m1/s1. The van der Waals surface area contributed by atoms with E-state index in [1.165, 1.54) is 17.6 Å². The van der Waals surface area contributed by atoms with Crippen LogP contribution in [-0.2, 0) is 10.2 Å². The van der Waals surface area contributed by atoms with Gasteiger partial charge in [0.2, 0.25) is 5.91 Å². The van der Waals surface area contributed by atoms with Crippen molar-refractivity contribution in [3.05, 3.63) is 84.1 Å². The van der Waals surface area contributed by atoms with Gasteiger partial charge < -0.3 is 9.73 Å². The summed E-state index contributed by atoms with van der Waals surface area (Å²) >= 11 is 0.